The van der Waals surface area contributed by atoms with Gasteiger partial charge < -0.3 is 4.98 Å². The van der Waals surface area contributed by atoms with Crippen molar-refractivity contribution in [2.24, 2.45) is 0 Å². The first-order valence-corrected chi connectivity index (χ1v) is 11.2. The number of nitrogens with one attached hydrogen (secondary N) is 3. The summed E-state index contributed by atoms with van der Waals surface area (Å²) in [6, 6.07) is 6.67. The number of fused-ring (bicyclic) bond motifs is 2. The van der Waals surface area contributed by atoms with Crippen molar-refractivity contribution in [3.8, 4) is 0 Å². The number of amides is 2. The molecule has 1 aromatic carbocycles. The van der Waals surface area contributed by atoms with Crippen molar-refractivity contribution in [1.29, 1.82) is 0 Å². The summed E-state index contributed by atoms with van der Waals surface area (Å²) >= 11 is 1.44. The van der Waals surface area contributed by atoms with Crippen molar-refractivity contribution >= 4 is 44.1 Å². The lowest BCUT2D eigenvalue weighted by Gasteiger charge is -2.11. The van der Waals surface area contributed by atoms with E-state index >= 15 is 0 Å². The van der Waals surface area contributed by atoms with Crippen LogP contribution in [-0.2, 0) is 17.8 Å². The van der Waals surface area contributed by atoms with E-state index in [0.29, 0.717) is 33.4 Å². The van der Waals surface area contributed by atoms with Gasteiger partial charge in [0.1, 0.15) is 10.7 Å². The number of H-pyrrole nitrogens is 1. The van der Waals surface area contributed by atoms with Crippen LogP contribution in [0.15, 0.2) is 33.9 Å². The molecule has 3 aromatic heterocycles. The molecule has 4 aromatic rings. The molecule has 0 saturated carbocycles. The summed E-state index contributed by atoms with van der Waals surface area (Å²) in [5, 5.41) is 5.47. The van der Waals surface area contributed by atoms with Crippen LogP contribution in [0.1, 0.15) is 40.1 Å². The molecule has 11 heteroatoms. The van der Waals surface area contributed by atoms with Gasteiger partial charge in [-0.3, -0.25) is 30.0 Å². The van der Waals surface area contributed by atoms with Gasteiger partial charge in [0, 0.05) is 29.6 Å². The Hall–Kier alpha value is -3.86. The summed E-state index contributed by atoms with van der Waals surface area (Å²) in [6.07, 6.45) is 0.200. The quantitative estimate of drug-likeness (QED) is 0.383. The molecule has 3 N–H and O–H groups in total. The molecule has 0 unspecified atom stereocenters. The van der Waals surface area contributed by atoms with Gasteiger partial charge in [-0.2, -0.15) is 5.10 Å². The van der Waals surface area contributed by atoms with Crippen LogP contribution < -0.4 is 22.0 Å². The lowest BCUT2D eigenvalue weighted by Crippen LogP contribution is -2.43. The molecular formula is C22H22N6O4S. The highest BCUT2D eigenvalue weighted by atomic mass is 32.1. The van der Waals surface area contributed by atoms with Gasteiger partial charge in [-0.05, 0) is 32.4 Å². The average Bonchev–Trinajstić information content (AvgIpc) is 3.10. The van der Waals surface area contributed by atoms with Crippen molar-refractivity contribution in [1.82, 2.24) is 30.6 Å². The maximum absolute atomic E-state index is 12.7. The molecule has 0 aliphatic carbocycles. The van der Waals surface area contributed by atoms with Crippen molar-refractivity contribution in [2.45, 2.75) is 40.2 Å². The maximum atomic E-state index is 12.7. The highest BCUT2D eigenvalue weighted by molar-refractivity contribution is 7.18. The first kappa shape index (κ1) is 22.3. The molecule has 0 bridgehead atoms. The molecule has 3 heterocycles. The molecular weight excluding hydrogens is 444 g/mol. The number of aromatic amines is 1. The van der Waals surface area contributed by atoms with Gasteiger partial charge in [-0.1, -0.05) is 18.2 Å². The van der Waals surface area contributed by atoms with Gasteiger partial charge in [-0.15, -0.1) is 11.3 Å². The first-order chi connectivity index (χ1) is 15.8. The molecule has 0 spiro atoms. The highest BCUT2D eigenvalue weighted by Gasteiger charge is 2.17. The Kier molecular flexibility index (Phi) is 6.05. The van der Waals surface area contributed by atoms with E-state index in [2.05, 4.69) is 25.9 Å². The van der Waals surface area contributed by atoms with Crippen LogP contribution in [0.4, 0.5) is 0 Å². The number of benzene rings is 1. The zero-order chi connectivity index (χ0) is 23.7. The fourth-order valence-electron chi connectivity index (χ4n) is 3.51. The predicted molar refractivity (Wildman–Crippen MR) is 125 cm³/mol. The van der Waals surface area contributed by atoms with Crippen LogP contribution in [-0.4, -0.2) is 31.6 Å². The number of thiophene rings is 1. The minimum atomic E-state index is -0.640. The van der Waals surface area contributed by atoms with Gasteiger partial charge >= 0.3 is 0 Å². The molecule has 0 radical (unpaired) electrons. The first-order valence-electron chi connectivity index (χ1n) is 10.4. The third-order valence-corrected chi connectivity index (χ3v) is 6.48. The molecule has 33 heavy (non-hydrogen) atoms. The third kappa shape index (κ3) is 4.27. The smallest absolute Gasteiger partial charge is 0.290 e. The van der Waals surface area contributed by atoms with E-state index < -0.39 is 11.8 Å². The lowest BCUT2D eigenvalue weighted by atomic mass is 10.1. The number of carbonyl (C=O) groups excluding carboxylic acids is 2. The number of rotatable bonds is 5. The van der Waals surface area contributed by atoms with Crippen molar-refractivity contribution in [3.63, 3.8) is 0 Å². The number of hydrogen-bond acceptors (Lipinski definition) is 7. The molecule has 10 nitrogen and oxygen atoms in total. The summed E-state index contributed by atoms with van der Waals surface area (Å²) in [5.41, 5.74) is 5.12. The van der Waals surface area contributed by atoms with Gasteiger partial charge in [0.15, 0.2) is 5.69 Å². The summed E-state index contributed by atoms with van der Waals surface area (Å²) < 4.78 is 1.20. The second-order valence-electron chi connectivity index (χ2n) is 7.49. The van der Waals surface area contributed by atoms with Gasteiger partial charge in [0.05, 0.1) is 10.8 Å². The molecule has 0 fully saturated rings. The van der Waals surface area contributed by atoms with E-state index in [0.717, 1.165) is 10.4 Å². The second kappa shape index (κ2) is 8.94. The van der Waals surface area contributed by atoms with E-state index in [9.17, 15) is 19.2 Å². The highest BCUT2D eigenvalue weighted by Crippen LogP contribution is 2.25. The van der Waals surface area contributed by atoms with Crippen molar-refractivity contribution < 1.29 is 9.59 Å². The van der Waals surface area contributed by atoms with Gasteiger partial charge in [-0.25, -0.2) is 9.67 Å². The summed E-state index contributed by atoms with van der Waals surface area (Å²) in [6.45, 7) is 5.86. The van der Waals surface area contributed by atoms with Crippen LogP contribution in [0, 0.1) is 13.8 Å². The van der Waals surface area contributed by atoms with Crippen LogP contribution >= 0.6 is 11.3 Å². The number of nitrogens with zero attached hydrogens (tertiary/aromatic N) is 3. The Morgan fingerprint density at radius 3 is 2.58 bits per heavy atom. The summed E-state index contributed by atoms with van der Waals surface area (Å²) in [7, 11) is 0. The Labute approximate surface area is 191 Å². The topological polar surface area (TPSA) is 139 Å². The SMILES string of the molecule is CCn1nc(C(=O)NNC(=O)CCc2nc3sc(C)c(C)c3c(=O)[nH]2)c2ccccc2c1=O. The minimum Gasteiger partial charge on any atom is -0.310 e. The molecule has 0 aliphatic heterocycles. The molecule has 2 amide bonds. The number of aryl methyl sites for hydroxylation is 4. The van der Waals surface area contributed by atoms with E-state index in [1.807, 2.05) is 13.8 Å². The lowest BCUT2D eigenvalue weighted by molar-refractivity contribution is -0.121. The van der Waals surface area contributed by atoms with Crippen LogP contribution in [0.2, 0.25) is 0 Å². The summed E-state index contributed by atoms with van der Waals surface area (Å²) in [4.78, 5) is 58.6. The molecule has 0 aliphatic rings. The molecule has 4 rings (SSSR count). The fourth-order valence-corrected chi connectivity index (χ4v) is 4.56. The Morgan fingerprint density at radius 2 is 1.85 bits per heavy atom. The number of hydrogen-bond donors (Lipinski definition) is 3. The Balaban J connectivity index is 1.44. The van der Waals surface area contributed by atoms with E-state index in [4.69, 9.17) is 0 Å². The van der Waals surface area contributed by atoms with Gasteiger partial charge in [0.25, 0.3) is 17.0 Å². The normalized spacial score (nSPS) is 11.1. The van der Waals surface area contributed by atoms with E-state index in [-0.39, 0.29) is 29.7 Å². The zero-order valence-corrected chi connectivity index (χ0v) is 19.1. The van der Waals surface area contributed by atoms with E-state index in [1.165, 1.54) is 16.0 Å². The summed E-state index contributed by atoms with van der Waals surface area (Å²) in [5.74, 6) is -0.699. The molecule has 0 saturated heterocycles. The van der Waals surface area contributed by atoms with Crippen molar-refractivity contribution in [2.75, 3.05) is 0 Å². The fraction of sp³-hybridized carbons (Fsp3) is 0.273. The number of aromatic nitrogens is 4. The molecule has 0 atom stereocenters. The van der Waals surface area contributed by atoms with Gasteiger partial charge in [0.2, 0.25) is 5.91 Å². The second-order valence-corrected chi connectivity index (χ2v) is 8.70. The number of hydrazine groups is 1. The third-order valence-electron chi connectivity index (χ3n) is 5.37. The average molecular weight is 467 g/mol. The Morgan fingerprint density at radius 1 is 1.12 bits per heavy atom. The van der Waals surface area contributed by atoms with Crippen LogP contribution in [0.3, 0.4) is 0 Å². The number of carbonyl (C=O) groups is 2. The minimum absolute atomic E-state index is 0.000695. The van der Waals surface area contributed by atoms with E-state index in [1.54, 1.807) is 31.2 Å². The predicted octanol–water partition coefficient (Wildman–Crippen LogP) is 1.73. The Bertz CT molecular complexity index is 1520. The molecule has 170 valence electrons. The monoisotopic (exact) mass is 466 g/mol. The standard InChI is InChI=1S/C22H22N6O4S/c1-4-28-22(32)14-8-6-5-7-13(14)18(27-28)20(31)26-25-16(29)10-9-15-23-19(30)17-11(2)12(3)33-21(17)24-15/h5-8H,4,9-10H2,1-3H3,(H,25,29)(H,26,31)(H,23,24,30). The van der Waals surface area contributed by atoms with Crippen LogP contribution in [0.5, 0.6) is 0 Å². The van der Waals surface area contributed by atoms with Crippen molar-refractivity contribution in [3.05, 3.63) is 66.9 Å². The maximum Gasteiger partial charge on any atom is 0.290 e. The zero-order valence-electron chi connectivity index (χ0n) is 18.3. The largest absolute Gasteiger partial charge is 0.310 e. The van der Waals surface area contributed by atoms with Crippen LogP contribution in [0.25, 0.3) is 21.0 Å².